The molecular weight excluding hydrogens is 410 g/mol. The number of fused-ring (bicyclic) bond motifs is 1. The number of rotatable bonds is 6. The van der Waals surface area contributed by atoms with Gasteiger partial charge in [0, 0.05) is 26.2 Å². The third-order valence-electron chi connectivity index (χ3n) is 5.23. The number of halogens is 2. The molecule has 0 spiro atoms. The van der Waals surface area contributed by atoms with Gasteiger partial charge in [-0.2, -0.15) is 0 Å². The fraction of sp³-hybridized carbons (Fsp3) is 0.400. The number of anilines is 3. The summed E-state index contributed by atoms with van der Waals surface area (Å²) in [6.07, 6.45) is -3.67. The minimum Gasteiger partial charge on any atom is -0.447 e. The van der Waals surface area contributed by atoms with Crippen LogP contribution in [0.15, 0.2) is 24.3 Å². The second-order valence-corrected chi connectivity index (χ2v) is 7.47. The van der Waals surface area contributed by atoms with Gasteiger partial charge < -0.3 is 15.0 Å². The highest BCUT2D eigenvalue weighted by atomic mass is 19.3. The van der Waals surface area contributed by atoms with Gasteiger partial charge in [-0.15, -0.1) is 0 Å². The van der Waals surface area contributed by atoms with Crippen LogP contribution in [0.3, 0.4) is 0 Å². The van der Waals surface area contributed by atoms with Gasteiger partial charge in [-0.1, -0.05) is 6.07 Å². The fourth-order valence-electron chi connectivity index (χ4n) is 3.66. The summed E-state index contributed by atoms with van der Waals surface area (Å²) in [5.74, 6) is 0.655. The van der Waals surface area contributed by atoms with Crippen LogP contribution < -0.4 is 20.0 Å². The van der Waals surface area contributed by atoms with Crippen LogP contribution in [-0.2, 0) is 17.8 Å². The van der Waals surface area contributed by atoms with Crippen LogP contribution in [-0.4, -0.2) is 62.2 Å². The number of carbonyl (C=O) groups is 2. The molecule has 1 unspecified atom stereocenters. The Hall–Kier alpha value is -3.34. The lowest BCUT2D eigenvalue weighted by Gasteiger charge is -2.22. The largest absolute Gasteiger partial charge is 0.447 e. The van der Waals surface area contributed by atoms with Crippen molar-refractivity contribution in [3.63, 3.8) is 0 Å². The Morgan fingerprint density at radius 2 is 2.00 bits per heavy atom. The molecular formula is C20H22F2N6O3. The molecule has 2 aromatic heterocycles. The van der Waals surface area contributed by atoms with Gasteiger partial charge in [-0.3, -0.25) is 9.69 Å². The first-order valence-corrected chi connectivity index (χ1v) is 9.69. The van der Waals surface area contributed by atoms with E-state index in [0.717, 1.165) is 16.2 Å². The van der Waals surface area contributed by atoms with Gasteiger partial charge in [0.05, 0.1) is 17.8 Å². The van der Waals surface area contributed by atoms with Crippen molar-refractivity contribution in [3.8, 4) is 0 Å². The lowest BCUT2D eigenvalue weighted by atomic mass is 10.1. The van der Waals surface area contributed by atoms with Crippen molar-refractivity contribution in [2.24, 2.45) is 0 Å². The maximum absolute atomic E-state index is 13.3. The summed E-state index contributed by atoms with van der Waals surface area (Å²) >= 11 is 0. The Labute approximate surface area is 177 Å². The van der Waals surface area contributed by atoms with Crippen molar-refractivity contribution in [2.45, 2.75) is 25.6 Å². The van der Waals surface area contributed by atoms with E-state index in [0.29, 0.717) is 17.9 Å². The summed E-state index contributed by atoms with van der Waals surface area (Å²) in [7, 11) is 5.48. The maximum atomic E-state index is 13.3. The molecule has 2 aliphatic heterocycles. The number of carbonyl (C=O) groups excluding carboxylic acids is 2. The van der Waals surface area contributed by atoms with Crippen LogP contribution in [0.5, 0.6) is 0 Å². The Kier molecular flexibility index (Phi) is 5.44. The van der Waals surface area contributed by atoms with Crippen LogP contribution in [0.1, 0.15) is 21.6 Å². The van der Waals surface area contributed by atoms with E-state index < -0.39 is 25.2 Å². The van der Waals surface area contributed by atoms with E-state index in [9.17, 15) is 18.4 Å². The molecule has 1 atom stereocenters. The van der Waals surface area contributed by atoms with Gasteiger partial charge in [-0.05, 0) is 25.2 Å². The summed E-state index contributed by atoms with van der Waals surface area (Å²) in [5, 5.41) is 3.06. The molecule has 0 aliphatic carbocycles. The van der Waals surface area contributed by atoms with Crippen molar-refractivity contribution in [3.05, 3.63) is 41.1 Å². The zero-order valence-corrected chi connectivity index (χ0v) is 17.3. The number of aromatic nitrogens is 2. The van der Waals surface area contributed by atoms with Crippen molar-refractivity contribution >= 4 is 29.5 Å². The van der Waals surface area contributed by atoms with Gasteiger partial charge >= 0.3 is 6.09 Å². The van der Waals surface area contributed by atoms with Crippen LogP contribution >= 0.6 is 0 Å². The molecule has 0 aromatic carbocycles. The molecule has 4 rings (SSSR count). The topological polar surface area (TPSA) is 90.9 Å². The zero-order chi connectivity index (χ0) is 22.3. The predicted octanol–water partition coefficient (Wildman–Crippen LogP) is 2.01. The number of pyridine rings is 2. The fourth-order valence-corrected chi connectivity index (χ4v) is 3.66. The van der Waals surface area contributed by atoms with Crippen molar-refractivity contribution in [1.82, 2.24) is 15.3 Å². The normalized spacial score (nSPS) is 18.1. The molecule has 0 bridgehead atoms. The zero-order valence-electron chi connectivity index (χ0n) is 17.3. The number of hydrogen-bond donors (Lipinski definition) is 1. The number of amides is 2. The molecule has 2 aliphatic rings. The van der Waals surface area contributed by atoms with E-state index in [2.05, 4.69) is 15.3 Å². The van der Waals surface area contributed by atoms with Crippen LogP contribution in [0.25, 0.3) is 0 Å². The molecule has 1 N–H and O–H groups in total. The number of cyclic esters (lactones) is 1. The van der Waals surface area contributed by atoms with E-state index in [1.807, 2.05) is 19.0 Å². The van der Waals surface area contributed by atoms with Crippen molar-refractivity contribution in [1.29, 1.82) is 0 Å². The standard InChI is InChI=1S/C20H22F2N6O3/c1-23-8-13-12-9-27(19(29)11(12)7-17(24-13)26(2)3)15-5-4-6-16(25-15)28-14(18(21)22)10-31-20(28)30/h4-7,14,18,23H,8-10H2,1-3H3. The lowest BCUT2D eigenvalue weighted by molar-refractivity contribution is 0.0993. The molecule has 2 amide bonds. The summed E-state index contributed by atoms with van der Waals surface area (Å²) in [5.41, 5.74) is 2.04. The molecule has 31 heavy (non-hydrogen) atoms. The first-order valence-electron chi connectivity index (χ1n) is 9.69. The molecule has 0 saturated carbocycles. The highest BCUT2D eigenvalue weighted by Gasteiger charge is 2.41. The van der Waals surface area contributed by atoms with Crippen LogP contribution in [0.2, 0.25) is 0 Å². The first-order chi connectivity index (χ1) is 14.8. The summed E-state index contributed by atoms with van der Waals surface area (Å²) in [4.78, 5) is 38.3. The van der Waals surface area contributed by atoms with E-state index in [1.165, 1.54) is 11.0 Å². The number of hydrogen-bond acceptors (Lipinski definition) is 7. The molecule has 1 fully saturated rings. The molecule has 0 radical (unpaired) electrons. The van der Waals surface area contributed by atoms with Gasteiger partial charge in [0.15, 0.2) is 0 Å². The number of alkyl halides is 2. The van der Waals surface area contributed by atoms with E-state index in [1.54, 1.807) is 25.2 Å². The average Bonchev–Trinajstić information content (AvgIpc) is 3.29. The second-order valence-electron chi connectivity index (χ2n) is 7.47. The number of nitrogens with one attached hydrogen (secondary N) is 1. The molecule has 1 saturated heterocycles. The smallest absolute Gasteiger partial charge is 0.416 e. The SMILES string of the molecule is CNCc1nc(N(C)C)cc2c1CN(c1cccc(N3C(=O)OCC3C(F)F)n1)C2=O. The summed E-state index contributed by atoms with van der Waals surface area (Å²) in [6, 6.07) is 4.92. The monoisotopic (exact) mass is 432 g/mol. The van der Waals surface area contributed by atoms with E-state index in [-0.39, 0.29) is 24.1 Å². The minimum absolute atomic E-state index is 0.0108. The highest BCUT2D eigenvalue weighted by Crippen LogP contribution is 2.33. The Balaban J connectivity index is 1.70. The van der Waals surface area contributed by atoms with E-state index in [4.69, 9.17) is 4.74 Å². The van der Waals surface area contributed by atoms with Crippen molar-refractivity contribution < 1.29 is 23.1 Å². The second kappa shape index (κ2) is 8.06. The van der Waals surface area contributed by atoms with Crippen LogP contribution in [0, 0.1) is 0 Å². The maximum Gasteiger partial charge on any atom is 0.416 e. The van der Waals surface area contributed by atoms with Gasteiger partial charge in [0.2, 0.25) is 0 Å². The minimum atomic E-state index is -2.78. The summed E-state index contributed by atoms with van der Waals surface area (Å²) in [6.45, 7) is 0.308. The summed E-state index contributed by atoms with van der Waals surface area (Å²) < 4.78 is 31.4. The highest BCUT2D eigenvalue weighted by molar-refractivity contribution is 6.10. The third kappa shape index (κ3) is 3.65. The van der Waals surface area contributed by atoms with Crippen LogP contribution in [0.4, 0.5) is 31.0 Å². The van der Waals surface area contributed by atoms with Gasteiger partial charge in [0.1, 0.15) is 30.1 Å². The molecule has 164 valence electrons. The predicted molar refractivity (Wildman–Crippen MR) is 110 cm³/mol. The van der Waals surface area contributed by atoms with Crippen molar-refractivity contribution in [2.75, 3.05) is 42.4 Å². The molecule has 2 aromatic rings. The van der Waals surface area contributed by atoms with Gasteiger partial charge in [0.25, 0.3) is 12.3 Å². The Bertz CT molecular complexity index is 1030. The molecule has 11 heteroatoms. The Morgan fingerprint density at radius 1 is 1.26 bits per heavy atom. The number of nitrogens with zero attached hydrogens (tertiary/aromatic N) is 5. The lowest BCUT2D eigenvalue weighted by Crippen LogP contribution is -2.39. The molecule has 4 heterocycles. The van der Waals surface area contributed by atoms with Gasteiger partial charge in [-0.25, -0.2) is 28.4 Å². The third-order valence-corrected chi connectivity index (χ3v) is 5.23. The average molecular weight is 432 g/mol. The van der Waals surface area contributed by atoms with E-state index >= 15 is 0 Å². The Morgan fingerprint density at radius 3 is 2.68 bits per heavy atom. The number of ether oxygens (including phenoxy) is 1. The first kappa shape index (κ1) is 20.9. The molecule has 9 nitrogen and oxygen atoms in total. The quantitative estimate of drug-likeness (QED) is 0.747.